The van der Waals surface area contributed by atoms with Crippen molar-refractivity contribution in [2.45, 2.75) is 56.8 Å². The zero-order valence-electron chi connectivity index (χ0n) is 24.1. The van der Waals surface area contributed by atoms with Gasteiger partial charge in [0.15, 0.2) is 5.82 Å². The Morgan fingerprint density at radius 2 is 1.98 bits per heavy atom. The molecular weight excluding hydrogens is 552 g/mol. The fourth-order valence-corrected chi connectivity index (χ4v) is 8.28. The van der Waals surface area contributed by atoms with Crippen LogP contribution in [0.25, 0.3) is 32.9 Å². The third-order valence-corrected chi connectivity index (χ3v) is 10.3. The van der Waals surface area contributed by atoms with Gasteiger partial charge in [0.2, 0.25) is 0 Å². The zero-order valence-corrected chi connectivity index (χ0v) is 24.1. The van der Waals surface area contributed by atoms with Crippen LogP contribution in [0.4, 0.5) is 14.6 Å². The monoisotopic (exact) mass is 587 g/mol. The Morgan fingerprint density at radius 3 is 2.84 bits per heavy atom. The Labute approximate surface area is 248 Å². The molecule has 5 heterocycles. The van der Waals surface area contributed by atoms with Crippen LogP contribution in [-0.2, 0) is 0 Å². The van der Waals surface area contributed by atoms with Crippen molar-refractivity contribution in [2.24, 2.45) is 11.8 Å². The predicted octanol–water partition coefficient (Wildman–Crippen LogP) is 5.16. The van der Waals surface area contributed by atoms with Gasteiger partial charge in [-0.05, 0) is 73.5 Å². The van der Waals surface area contributed by atoms with E-state index in [9.17, 15) is 14.6 Å². The first kappa shape index (κ1) is 27.0. The minimum absolute atomic E-state index is 0.0240. The van der Waals surface area contributed by atoms with Crippen LogP contribution in [0.3, 0.4) is 0 Å². The standard InChI is InChI=1S/C33H35F2N5O3/c1-18-4-2-5-23-24(18)10-22(41)11-25(23)29-28(35)30-26(13-36-29)31(39-14-19-8-20(15-39)27(42)9-19)38-32(37-30)43-17-33-6-3-7-40(33)16-21(34)12-33/h2,4-5,10-11,13,19-21,27,41-42H,3,6-9,12,14-17H2,1H3/t19?,20?,21-,27?,33+/m1/s1. The number of ether oxygens (including phenoxy) is 1. The molecule has 3 aliphatic heterocycles. The number of aliphatic hydroxyl groups is 1. The number of anilines is 1. The van der Waals surface area contributed by atoms with Gasteiger partial charge in [0.1, 0.15) is 35.6 Å². The maximum Gasteiger partial charge on any atom is 0.319 e. The van der Waals surface area contributed by atoms with Crippen LogP contribution in [0.2, 0.25) is 0 Å². The number of phenols is 1. The SMILES string of the molecule is Cc1cccc2c(-c3ncc4c(N5CC6CC(O)C(C6)C5)nc(OC[C@@]56CCCN5C[C@H](F)C6)nc4c3F)cc(O)cc12. The lowest BCUT2D eigenvalue weighted by Crippen LogP contribution is -2.43. The minimum Gasteiger partial charge on any atom is -0.508 e. The van der Waals surface area contributed by atoms with E-state index in [2.05, 4.69) is 19.8 Å². The van der Waals surface area contributed by atoms with E-state index in [1.54, 1.807) is 12.3 Å². The molecule has 3 unspecified atom stereocenters. The number of aromatic hydroxyl groups is 1. The highest BCUT2D eigenvalue weighted by Crippen LogP contribution is 2.43. The lowest BCUT2D eigenvalue weighted by atomic mass is 9.95. The van der Waals surface area contributed by atoms with Gasteiger partial charge < -0.3 is 19.8 Å². The van der Waals surface area contributed by atoms with Crippen LogP contribution in [0, 0.1) is 24.6 Å². The maximum atomic E-state index is 16.7. The second kappa shape index (κ2) is 9.95. The highest BCUT2D eigenvalue weighted by Gasteiger charge is 2.49. The highest BCUT2D eigenvalue weighted by atomic mass is 19.1. The number of piperidine rings is 1. The Kier molecular flexibility index (Phi) is 6.24. The lowest BCUT2D eigenvalue weighted by molar-refractivity contribution is 0.107. The van der Waals surface area contributed by atoms with E-state index in [-0.39, 0.29) is 41.6 Å². The van der Waals surface area contributed by atoms with Crippen molar-refractivity contribution in [1.29, 1.82) is 0 Å². The molecule has 4 aromatic rings. The summed E-state index contributed by atoms with van der Waals surface area (Å²) >= 11 is 0. The number of pyridine rings is 1. The number of benzene rings is 2. The molecule has 2 bridgehead atoms. The molecule has 5 atom stereocenters. The van der Waals surface area contributed by atoms with Crippen LogP contribution in [0.15, 0.2) is 36.5 Å². The first-order valence-corrected chi connectivity index (χ1v) is 15.3. The molecule has 0 spiro atoms. The topological polar surface area (TPSA) is 94.8 Å². The number of alkyl halides is 1. The molecule has 10 heteroatoms. The van der Waals surface area contributed by atoms with Crippen molar-refractivity contribution in [3.05, 3.63) is 47.9 Å². The third-order valence-electron chi connectivity index (χ3n) is 10.3. The Morgan fingerprint density at radius 1 is 1.09 bits per heavy atom. The molecule has 2 aromatic carbocycles. The molecule has 2 aromatic heterocycles. The van der Waals surface area contributed by atoms with E-state index < -0.39 is 17.5 Å². The van der Waals surface area contributed by atoms with Gasteiger partial charge in [-0.3, -0.25) is 9.88 Å². The summed E-state index contributed by atoms with van der Waals surface area (Å²) < 4.78 is 37.3. The zero-order chi connectivity index (χ0) is 29.5. The molecule has 1 saturated carbocycles. The number of fused-ring (bicyclic) bond motifs is 5. The van der Waals surface area contributed by atoms with Crippen LogP contribution >= 0.6 is 0 Å². The summed E-state index contributed by atoms with van der Waals surface area (Å²) in [6.07, 6.45) is 4.31. The van der Waals surface area contributed by atoms with Crippen molar-refractivity contribution in [3.8, 4) is 23.0 Å². The Balaban J connectivity index is 1.25. The summed E-state index contributed by atoms with van der Waals surface area (Å²) in [5, 5.41) is 23.2. The lowest BCUT2D eigenvalue weighted by Gasteiger charge is -2.34. The number of aryl methyl sites for hydroxylation is 1. The predicted molar refractivity (Wildman–Crippen MR) is 160 cm³/mol. The number of hydrogen-bond donors (Lipinski definition) is 2. The molecule has 2 N–H and O–H groups in total. The fraction of sp³-hybridized carbons (Fsp3) is 0.485. The fourth-order valence-electron chi connectivity index (χ4n) is 8.28. The number of aliphatic hydroxyl groups excluding tert-OH is 1. The molecule has 1 aliphatic carbocycles. The highest BCUT2D eigenvalue weighted by molar-refractivity contribution is 6.01. The number of halogens is 2. The van der Waals surface area contributed by atoms with E-state index in [1.807, 2.05) is 25.1 Å². The number of nitrogens with zero attached hydrogens (tertiary/aromatic N) is 5. The van der Waals surface area contributed by atoms with Crippen LogP contribution in [0.5, 0.6) is 11.8 Å². The van der Waals surface area contributed by atoms with E-state index in [0.717, 1.165) is 48.6 Å². The average molecular weight is 588 g/mol. The summed E-state index contributed by atoms with van der Waals surface area (Å²) in [6, 6.07) is 9.00. The summed E-state index contributed by atoms with van der Waals surface area (Å²) in [7, 11) is 0. The van der Waals surface area contributed by atoms with E-state index in [1.165, 1.54) is 6.07 Å². The summed E-state index contributed by atoms with van der Waals surface area (Å²) in [5.41, 5.74) is 1.21. The molecule has 8 nitrogen and oxygen atoms in total. The number of aromatic nitrogens is 3. The normalized spacial score (nSPS) is 28.7. The van der Waals surface area contributed by atoms with Gasteiger partial charge in [-0.25, -0.2) is 8.78 Å². The molecule has 3 saturated heterocycles. The van der Waals surface area contributed by atoms with Gasteiger partial charge in [-0.2, -0.15) is 9.97 Å². The molecule has 4 aliphatic rings. The smallest absolute Gasteiger partial charge is 0.319 e. The number of hydrogen-bond acceptors (Lipinski definition) is 8. The molecule has 0 amide bonds. The van der Waals surface area contributed by atoms with Gasteiger partial charge in [0.05, 0.1) is 17.0 Å². The summed E-state index contributed by atoms with van der Waals surface area (Å²) in [4.78, 5) is 18.3. The number of rotatable bonds is 5. The van der Waals surface area contributed by atoms with Crippen molar-refractivity contribution < 1.29 is 23.7 Å². The second-order valence-corrected chi connectivity index (χ2v) is 13.1. The summed E-state index contributed by atoms with van der Waals surface area (Å²) in [5.74, 6) is 0.390. The van der Waals surface area contributed by atoms with Crippen molar-refractivity contribution in [2.75, 3.05) is 37.7 Å². The summed E-state index contributed by atoms with van der Waals surface area (Å²) in [6.45, 7) is 4.73. The van der Waals surface area contributed by atoms with Crippen molar-refractivity contribution in [1.82, 2.24) is 19.9 Å². The van der Waals surface area contributed by atoms with E-state index >= 15 is 4.39 Å². The Bertz CT molecular complexity index is 1750. The van der Waals surface area contributed by atoms with E-state index in [4.69, 9.17) is 9.72 Å². The molecule has 43 heavy (non-hydrogen) atoms. The molecule has 0 radical (unpaired) electrons. The first-order valence-electron chi connectivity index (χ1n) is 15.3. The first-order chi connectivity index (χ1) is 20.8. The van der Waals surface area contributed by atoms with Crippen LogP contribution < -0.4 is 9.64 Å². The molecule has 8 rings (SSSR count). The van der Waals surface area contributed by atoms with Gasteiger partial charge >= 0.3 is 6.01 Å². The van der Waals surface area contributed by atoms with Crippen molar-refractivity contribution >= 4 is 27.5 Å². The average Bonchev–Trinajstić information content (AvgIpc) is 3.60. The number of phenolic OH excluding ortho intramolecular Hbond substituents is 1. The van der Waals surface area contributed by atoms with E-state index in [0.29, 0.717) is 48.7 Å². The Hall–Kier alpha value is -3.63. The van der Waals surface area contributed by atoms with Gasteiger partial charge in [-0.15, -0.1) is 0 Å². The molecular formula is C33H35F2N5O3. The third kappa shape index (κ3) is 4.40. The maximum absolute atomic E-state index is 16.7. The minimum atomic E-state index is -0.890. The van der Waals surface area contributed by atoms with Crippen LogP contribution in [-0.4, -0.2) is 80.7 Å². The quantitative estimate of drug-likeness (QED) is 0.331. The van der Waals surface area contributed by atoms with Crippen LogP contribution in [0.1, 0.15) is 37.7 Å². The molecule has 4 fully saturated rings. The van der Waals surface area contributed by atoms with Gasteiger partial charge in [0, 0.05) is 43.7 Å². The van der Waals surface area contributed by atoms with Gasteiger partial charge in [-0.1, -0.05) is 18.2 Å². The molecule has 224 valence electrons. The van der Waals surface area contributed by atoms with Crippen molar-refractivity contribution in [3.63, 3.8) is 0 Å². The largest absolute Gasteiger partial charge is 0.508 e. The van der Waals surface area contributed by atoms with Gasteiger partial charge in [0.25, 0.3) is 0 Å². The second-order valence-electron chi connectivity index (χ2n) is 13.1.